The van der Waals surface area contributed by atoms with E-state index in [-0.39, 0.29) is 5.57 Å². The van der Waals surface area contributed by atoms with Crippen molar-refractivity contribution in [3.05, 3.63) is 53.6 Å². The molecule has 0 unspecified atom stereocenters. The van der Waals surface area contributed by atoms with Gasteiger partial charge in [0, 0.05) is 16.8 Å². The van der Waals surface area contributed by atoms with Crippen LogP contribution in [0.15, 0.2) is 57.8 Å². The van der Waals surface area contributed by atoms with Gasteiger partial charge < -0.3 is 4.90 Å². The molecule has 2 aromatic rings. The molecule has 3 rings (SSSR count). The number of benzene rings is 2. The molecule has 0 radical (unpaired) electrons. The van der Waals surface area contributed by atoms with Gasteiger partial charge in [-0.3, -0.25) is 0 Å². The Morgan fingerprint density at radius 1 is 1.05 bits per heavy atom. The number of nitrogens with zero attached hydrogens (tertiary/aromatic N) is 3. The molecule has 1 heterocycles. The second-order valence-corrected chi connectivity index (χ2v) is 5.72. The van der Waals surface area contributed by atoms with E-state index in [1.54, 1.807) is 17.8 Å². The lowest BCUT2D eigenvalue weighted by atomic mass is 10.1. The van der Waals surface area contributed by atoms with Crippen molar-refractivity contribution in [2.24, 2.45) is 0 Å². The Balaban J connectivity index is 2.05. The molecule has 0 saturated carbocycles. The Kier molecular flexibility index (Phi) is 3.39. The summed E-state index contributed by atoms with van der Waals surface area (Å²) in [7, 11) is 2.04. The summed E-state index contributed by atoms with van der Waals surface area (Å²) in [4.78, 5) is 4.49. The van der Waals surface area contributed by atoms with Crippen LogP contribution in [0.4, 0.5) is 11.4 Å². The van der Waals surface area contributed by atoms with E-state index in [9.17, 15) is 0 Å². The fourth-order valence-electron chi connectivity index (χ4n) is 2.30. The highest BCUT2D eigenvalue weighted by Gasteiger charge is 2.20. The molecule has 0 saturated heterocycles. The van der Waals surface area contributed by atoms with Crippen molar-refractivity contribution >= 4 is 29.2 Å². The third kappa shape index (κ3) is 2.38. The Labute approximate surface area is 127 Å². The van der Waals surface area contributed by atoms with Crippen LogP contribution in [0.2, 0.25) is 0 Å². The molecule has 0 bridgehead atoms. The molecule has 2 aromatic carbocycles. The summed E-state index contributed by atoms with van der Waals surface area (Å²) in [6, 6.07) is 18.0. The molecule has 100 valence electrons. The predicted octanol–water partition coefficient (Wildman–Crippen LogP) is 4.35. The molecule has 0 fully saturated rings. The van der Waals surface area contributed by atoms with E-state index in [2.05, 4.69) is 17.0 Å². The number of para-hydroxylation sites is 1. The lowest BCUT2D eigenvalue weighted by Crippen LogP contribution is -2.14. The van der Waals surface area contributed by atoms with Crippen LogP contribution >= 0.6 is 11.8 Å². The van der Waals surface area contributed by atoms with Crippen molar-refractivity contribution in [3.63, 3.8) is 0 Å². The van der Waals surface area contributed by atoms with E-state index < -0.39 is 0 Å². The van der Waals surface area contributed by atoms with Gasteiger partial charge in [-0.2, -0.15) is 10.5 Å². The average molecular weight is 289 g/mol. The largest absolute Gasteiger partial charge is 0.343 e. The first-order valence-corrected chi connectivity index (χ1v) is 7.21. The van der Waals surface area contributed by atoms with Crippen LogP contribution in [0, 0.1) is 22.7 Å². The average Bonchev–Trinajstić information content (AvgIpc) is 2.52. The number of allylic oxidation sites excluding steroid dienone is 1. The Hall–Kier alpha value is -2.69. The van der Waals surface area contributed by atoms with Gasteiger partial charge in [-0.1, -0.05) is 30.0 Å². The van der Waals surface area contributed by atoms with E-state index in [0.717, 1.165) is 16.1 Å². The summed E-state index contributed by atoms with van der Waals surface area (Å²) in [5.74, 6) is 0. The van der Waals surface area contributed by atoms with Crippen LogP contribution in [0.25, 0.3) is 6.08 Å². The van der Waals surface area contributed by atoms with Gasteiger partial charge in [0.25, 0.3) is 0 Å². The summed E-state index contributed by atoms with van der Waals surface area (Å²) < 4.78 is 0. The summed E-state index contributed by atoms with van der Waals surface area (Å²) in [6.07, 6.45) is 1.61. The maximum absolute atomic E-state index is 8.84. The zero-order chi connectivity index (χ0) is 14.8. The van der Waals surface area contributed by atoms with Gasteiger partial charge in [-0.05, 0) is 35.9 Å². The third-order valence-corrected chi connectivity index (χ3v) is 4.46. The quantitative estimate of drug-likeness (QED) is 0.732. The third-order valence-electron chi connectivity index (χ3n) is 3.34. The topological polar surface area (TPSA) is 50.8 Å². The highest BCUT2D eigenvalue weighted by molar-refractivity contribution is 7.99. The lowest BCUT2D eigenvalue weighted by molar-refractivity contribution is 1.11. The summed E-state index contributed by atoms with van der Waals surface area (Å²) in [5.41, 5.74) is 3.30. The van der Waals surface area contributed by atoms with Gasteiger partial charge in [-0.25, -0.2) is 0 Å². The summed E-state index contributed by atoms with van der Waals surface area (Å²) in [5, 5.41) is 17.7. The predicted molar refractivity (Wildman–Crippen MR) is 84.3 cm³/mol. The molecule has 4 heteroatoms. The first-order chi connectivity index (χ1) is 10.2. The van der Waals surface area contributed by atoms with Crippen molar-refractivity contribution < 1.29 is 0 Å². The van der Waals surface area contributed by atoms with Gasteiger partial charge in [0.05, 0.1) is 11.4 Å². The van der Waals surface area contributed by atoms with Crippen molar-refractivity contribution in [2.75, 3.05) is 11.9 Å². The maximum Gasteiger partial charge on any atom is 0.130 e. The number of rotatable bonds is 1. The van der Waals surface area contributed by atoms with E-state index >= 15 is 0 Å². The Bertz CT molecular complexity index is 809. The maximum atomic E-state index is 8.84. The van der Waals surface area contributed by atoms with E-state index in [0.29, 0.717) is 0 Å². The van der Waals surface area contributed by atoms with Crippen molar-refractivity contribution in [1.82, 2.24) is 0 Å². The highest BCUT2D eigenvalue weighted by atomic mass is 32.2. The lowest BCUT2D eigenvalue weighted by Gasteiger charge is -2.29. The number of nitriles is 2. The van der Waals surface area contributed by atoms with E-state index in [4.69, 9.17) is 10.5 Å². The zero-order valence-corrected chi connectivity index (χ0v) is 12.2. The van der Waals surface area contributed by atoms with Gasteiger partial charge in [0.15, 0.2) is 0 Å². The van der Waals surface area contributed by atoms with E-state index in [1.165, 1.54) is 10.6 Å². The highest BCUT2D eigenvalue weighted by Crippen LogP contribution is 2.47. The summed E-state index contributed by atoms with van der Waals surface area (Å²) >= 11 is 1.71. The van der Waals surface area contributed by atoms with Crippen LogP contribution < -0.4 is 4.90 Å². The number of hydrogen-bond donors (Lipinski definition) is 0. The molecule has 0 amide bonds. The number of anilines is 2. The second kappa shape index (κ2) is 5.36. The normalized spacial score (nSPS) is 11.7. The Morgan fingerprint density at radius 3 is 2.52 bits per heavy atom. The standard InChI is InChI=1S/C17H11N3S/c1-20-14-4-2-3-5-16(14)21-17-9-12(6-7-15(17)20)8-13(10-18)11-19/h2-9H,1H3. The molecule has 0 atom stereocenters. The molecule has 1 aliphatic rings. The molecule has 0 spiro atoms. The number of fused-ring (bicyclic) bond motifs is 2. The molecular weight excluding hydrogens is 278 g/mol. The minimum Gasteiger partial charge on any atom is -0.343 e. The van der Waals surface area contributed by atoms with Gasteiger partial charge in [0.1, 0.15) is 17.7 Å². The Morgan fingerprint density at radius 2 is 1.76 bits per heavy atom. The smallest absolute Gasteiger partial charge is 0.130 e. The molecule has 3 nitrogen and oxygen atoms in total. The van der Waals surface area contributed by atoms with Crippen molar-refractivity contribution in [1.29, 1.82) is 10.5 Å². The summed E-state index contributed by atoms with van der Waals surface area (Å²) in [6.45, 7) is 0. The number of hydrogen-bond acceptors (Lipinski definition) is 4. The van der Waals surface area contributed by atoms with Crippen LogP contribution in [0.1, 0.15) is 5.56 Å². The minimum atomic E-state index is 0.115. The second-order valence-electron chi connectivity index (χ2n) is 4.64. The van der Waals surface area contributed by atoms with Crippen LogP contribution in [-0.4, -0.2) is 7.05 Å². The minimum absolute atomic E-state index is 0.115. The van der Waals surface area contributed by atoms with Crippen LogP contribution in [0.5, 0.6) is 0 Å². The molecule has 0 aromatic heterocycles. The molecule has 1 aliphatic heterocycles. The first-order valence-electron chi connectivity index (χ1n) is 6.39. The van der Waals surface area contributed by atoms with Gasteiger partial charge >= 0.3 is 0 Å². The van der Waals surface area contributed by atoms with Crippen LogP contribution in [-0.2, 0) is 0 Å². The first kappa shape index (κ1) is 13.3. The fraction of sp³-hybridized carbons (Fsp3) is 0.0588. The monoisotopic (exact) mass is 289 g/mol. The van der Waals surface area contributed by atoms with Gasteiger partial charge in [0.2, 0.25) is 0 Å². The molecule has 21 heavy (non-hydrogen) atoms. The SMILES string of the molecule is CN1c2ccccc2Sc2cc(C=C(C#N)C#N)ccc21. The van der Waals surface area contributed by atoms with E-state index in [1.807, 2.05) is 49.5 Å². The van der Waals surface area contributed by atoms with Crippen molar-refractivity contribution in [2.45, 2.75) is 9.79 Å². The molecular formula is C17H11N3S. The molecule has 0 N–H and O–H groups in total. The zero-order valence-electron chi connectivity index (χ0n) is 11.4. The van der Waals surface area contributed by atoms with Gasteiger partial charge in [-0.15, -0.1) is 0 Å². The van der Waals surface area contributed by atoms with Crippen LogP contribution in [0.3, 0.4) is 0 Å². The molecule has 0 aliphatic carbocycles. The van der Waals surface area contributed by atoms with Crippen molar-refractivity contribution in [3.8, 4) is 12.1 Å². The fourth-order valence-corrected chi connectivity index (χ4v) is 3.50.